The van der Waals surface area contributed by atoms with E-state index in [-0.39, 0.29) is 10.8 Å². The van der Waals surface area contributed by atoms with Crippen molar-refractivity contribution in [3.63, 3.8) is 0 Å². The molecule has 0 radical (unpaired) electrons. The predicted molar refractivity (Wildman–Crippen MR) is 214 cm³/mol. The van der Waals surface area contributed by atoms with Crippen molar-refractivity contribution in [2.45, 2.75) is 38.5 Å². The van der Waals surface area contributed by atoms with Crippen LogP contribution in [0, 0.1) is 0 Å². The second kappa shape index (κ2) is 13.2. The molecule has 0 unspecified atom stereocenters. The highest BCUT2D eigenvalue weighted by Crippen LogP contribution is 2.41. The molecule has 4 heterocycles. The van der Waals surface area contributed by atoms with Gasteiger partial charge in [-0.1, -0.05) is 88.4 Å². The van der Waals surface area contributed by atoms with Gasteiger partial charge >= 0.3 is 0 Å². The van der Waals surface area contributed by atoms with Gasteiger partial charge in [-0.15, -0.1) is 20.4 Å². The molecule has 8 aromatic rings. The molecule has 0 aliphatic rings. The van der Waals surface area contributed by atoms with E-state index in [0.717, 1.165) is 55.9 Å². The van der Waals surface area contributed by atoms with Crippen molar-refractivity contribution in [1.82, 2.24) is 34.9 Å². The van der Waals surface area contributed by atoms with E-state index in [1.54, 1.807) is 0 Å². The SMILES string of the molecule is CN(c1cccc(C(C)(C)c2ccc3c4ccc(C(C)(C)c5cccc(N(C)c6ccccn6)c5)cc4n(-c4nncnn4)c3c2)c1)c1ccccn1. The average molecular weight is 696 g/mol. The molecule has 0 aliphatic heterocycles. The van der Waals surface area contributed by atoms with Crippen LogP contribution in [-0.4, -0.2) is 49.0 Å². The number of anilines is 4. The first kappa shape index (κ1) is 33.7. The monoisotopic (exact) mass is 695 g/mol. The lowest BCUT2D eigenvalue weighted by atomic mass is 9.77. The first-order valence-corrected chi connectivity index (χ1v) is 17.7. The Balaban J connectivity index is 1.23. The number of benzene rings is 4. The summed E-state index contributed by atoms with van der Waals surface area (Å²) in [6, 6.07) is 42.8. The maximum Gasteiger partial charge on any atom is 0.273 e. The van der Waals surface area contributed by atoms with Gasteiger partial charge in [0, 0.05) is 59.5 Å². The van der Waals surface area contributed by atoms with E-state index in [1.807, 2.05) is 62.9 Å². The average Bonchev–Trinajstić information content (AvgIpc) is 3.54. The van der Waals surface area contributed by atoms with Crippen LogP contribution in [0.2, 0.25) is 0 Å². The summed E-state index contributed by atoms with van der Waals surface area (Å²) in [5.41, 5.74) is 8.20. The summed E-state index contributed by atoms with van der Waals surface area (Å²) in [5, 5.41) is 19.4. The van der Waals surface area contributed by atoms with Crippen LogP contribution in [-0.2, 0) is 10.8 Å². The second-order valence-corrected chi connectivity index (χ2v) is 14.5. The molecule has 0 saturated heterocycles. The Bertz CT molecular complexity index is 2390. The molecular weight excluding hydrogens is 655 g/mol. The summed E-state index contributed by atoms with van der Waals surface area (Å²) >= 11 is 0. The predicted octanol–water partition coefficient (Wildman–Crippen LogP) is 9.34. The molecule has 4 aromatic carbocycles. The smallest absolute Gasteiger partial charge is 0.273 e. The largest absolute Gasteiger partial charge is 0.329 e. The van der Waals surface area contributed by atoms with Gasteiger partial charge in [0.1, 0.15) is 11.6 Å². The topological polar surface area (TPSA) is 88.8 Å². The number of nitrogens with zero attached hydrogens (tertiary/aromatic N) is 9. The normalized spacial score (nSPS) is 12.0. The van der Waals surface area contributed by atoms with Crippen molar-refractivity contribution in [2.24, 2.45) is 0 Å². The third-order valence-electron chi connectivity index (χ3n) is 10.7. The lowest BCUT2D eigenvalue weighted by Crippen LogP contribution is -2.20. The highest BCUT2D eigenvalue weighted by molar-refractivity contribution is 6.09. The molecule has 0 fully saturated rings. The standard InChI is InChI=1S/C44H41N9/c1-43(2,30-13-11-15-34(25-30)51(5)40-17-7-9-23-45-40)32-19-21-36-37-22-20-33(28-39(37)53(38(36)27-32)42-49-47-29-48-50-42)44(3,4)31-14-12-16-35(26-31)52(6)41-18-8-10-24-46-41/h7-29H,1-6H3. The van der Waals surface area contributed by atoms with Crippen molar-refractivity contribution in [2.75, 3.05) is 23.9 Å². The number of hydrogen-bond donors (Lipinski definition) is 0. The number of aromatic nitrogens is 7. The maximum atomic E-state index is 4.56. The van der Waals surface area contributed by atoms with Crippen LogP contribution < -0.4 is 9.80 Å². The van der Waals surface area contributed by atoms with Crippen molar-refractivity contribution < 1.29 is 0 Å². The minimum absolute atomic E-state index is 0.328. The number of rotatable bonds is 9. The van der Waals surface area contributed by atoms with Crippen LogP contribution in [0.25, 0.3) is 27.8 Å². The highest BCUT2D eigenvalue weighted by atomic mass is 15.3. The Morgan fingerprint density at radius 3 is 1.38 bits per heavy atom. The second-order valence-electron chi connectivity index (χ2n) is 14.5. The molecule has 0 amide bonds. The summed E-state index contributed by atoms with van der Waals surface area (Å²) in [5.74, 6) is 2.21. The molecule has 262 valence electrons. The van der Waals surface area contributed by atoms with E-state index in [1.165, 1.54) is 17.5 Å². The van der Waals surface area contributed by atoms with E-state index >= 15 is 0 Å². The summed E-state index contributed by atoms with van der Waals surface area (Å²) in [6.45, 7) is 9.07. The van der Waals surface area contributed by atoms with Gasteiger partial charge in [-0.05, 0) is 82.9 Å². The van der Waals surface area contributed by atoms with E-state index < -0.39 is 0 Å². The fraction of sp³-hybridized carbons (Fsp3) is 0.182. The molecular formula is C44H41N9. The minimum Gasteiger partial charge on any atom is -0.329 e. The van der Waals surface area contributed by atoms with Crippen molar-refractivity contribution in [3.05, 3.63) is 162 Å². The number of pyridine rings is 2. The van der Waals surface area contributed by atoms with Crippen LogP contribution in [0.4, 0.5) is 23.0 Å². The van der Waals surface area contributed by atoms with Crippen LogP contribution in [0.15, 0.2) is 140 Å². The van der Waals surface area contributed by atoms with E-state index in [0.29, 0.717) is 5.95 Å². The summed E-state index contributed by atoms with van der Waals surface area (Å²) in [6.07, 6.45) is 5.01. The van der Waals surface area contributed by atoms with Gasteiger partial charge in [0.05, 0.1) is 11.0 Å². The Hall–Kier alpha value is -6.48. The van der Waals surface area contributed by atoms with Gasteiger partial charge in [-0.2, -0.15) is 0 Å². The lowest BCUT2D eigenvalue weighted by molar-refractivity contribution is 0.641. The Kier molecular flexibility index (Phi) is 8.41. The van der Waals surface area contributed by atoms with Crippen LogP contribution >= 0.6 is 0 Å². The molecule has 9 nitrogen and oxygen atoms in total. The van der Waals surface area contributed by atoms with E-state index in [9.17, 15) is 0 Å². The summed E-state index contributed by atoms with van der Waals surface area (Å²) < 4.78 is 2.10. The quantitative estimate of drug-likeness (QED) is 0.148. The zero-order chi connectivity index (χ0) is 36.7. The molecule has 8 rings (SSSR count). The highest BCUT2D eigenvalue weighted by Gasteiger charge is 2.28. The third-order valence-corrected chi connectivity index (χ3v) is 10.7. The molecule has 0 spiro atoms. The Morgan fingerprint density at radius 1 is 0.491 bits per heavy atom. The Labute approximate surface area is 309 Å². The van der Waals surface area contributed by atoms with Crippen molar-refractivity contribution in [1.29, 1.82) is 0 Å². The van der Waals surface area contributed by atoms with Gasteiger partial charge in [-0.25, -0.2) is 9.97 Å². The Morgan fingerprint density at radius 2 is 0.943 bits per heavy atom. The molecule has 0 saturated carbocycles. The maximum absolute atomic E-state index is 4.56. The van der Waals surface area contributed by atoms with E-state index in [2.05, 4.69) is 157 Å². The molecule has 9 heteroatoms. The fourth-order valence-corrected chi connectivity index (χ4v) is 7.21. The number of fused-ring (bicyclic) bond motifs is 3. The third kappa shape index (κ3) is 6.04. The minimum atomic E-state index is -0.328. The molecule has 0 N–H and O–H groups in total. The molecule has 0 aliphatic carbocycles. The zero-order valence-electron chi connectivity index (χ0n) is 30.8. The van der Waals surface area contributed by atoms with Gasteiger partial charge in [-0.3, -0.25) is 4.57 Å². The van der Waals surface area contributed by atoms with Gasteiger partial charge in [0.2, 0.25) is 0 Å². The van der Waals surface area contributed by atoms with Crippen molar-refractivity contribution >= 4 is 44.8 Å². The first-order chi connectivity index (χ1) is 25.6. The van der Waals surface area contributed by atoms with Gasteiger partial charge < -0.3 is 9.80 Å². The van der Waals surface area contributed by atoms with Gasteiger partial charge in [0.25, 0.3) is 5.95 Å². The van der Waals surface area contributed by atoms with E-state index in [4.69, 9.17) is 0 Å². The van der Waals surface area contributed by atoms with Crippen LogP contribution in [0.3, 0.4) is 0 Å². The fourth-order valence-electron chi connectivity index (χ4n) is 7.21. The molecule has 0 atom stereocenters. The lowest BCUT2D eigenvalue weighted by Gasteiger charge is -2.28. The first-order valence-electron chi connectivity index (χ1n) is 17.7. The van der Waals surface area contributed by atoms with Gasteiger partial charge in [0.15, 0.2) is 6.33 Å². The van der Waals surface area contributed by atoms with Crippen molar-refractivity contribution in [3.8, 4) is 5.95 Å². The molecule has 0 bridgehead atoms. The molecule has 4 aromatic heterocycles. The summed E-state index contributed by atoms with van der Waals surface area (Å²) in [7, 11) is 4.10. The summed E-state index contributed by atoms with van der Waals surface area (Å²) in [4.78, 5) is 13.3. The van der Waals surface area contributed by atoms with Crippen LogP contribution in [0.5, 0.6) is 0 Å². The molecule has 53 heavy (non-hydrogen) atoms. The van der Waals surface area contributed by atoms with Crippen LogP contribution in [0.1, 0.15) is 49.9 Å². The zero-order valence-corrected chi connectivity index (χ0v) is 30.8. The number of hydrogen-bond acceptors (Lipinski definition) is 8.